The molecule has 20 heteroatoms. The minimum absolute atomic E-state index is 0.0134. The third kappa shape index (κ3) is 8.03. The Hall–Kier alpha value is -4.73. The highest BCUT2D eigenvalue weighted by Crippen LogP contribution is 2.49. The molecule has 2 heterocycles. The molecule has 3 aromatic rings. The Kier molecular flexibility index (Phi) is 10.6. The number of nitriles is 1. The van der Waals surface area contributed by atoms with Crippen LogP contribution in [-0.4, -0.2) is 66.4 Å². The highest BCUT2D eigenvalue weighted by molar-refractivity contribution is 6.34. The number of halogens is 9. The van der Waals surface area contributed by atoms with Gasteiger partial charge in [-0.1, -0.05) is 17.7 Å². The van der Waals surface area contributed by atoms with Crippen molar-refractivity contribution in [1.82, 2.24) is 24.5 Å². The molecule has 0 radical (unpaired) electrons. The quantitative estimate of drug-likeness (QED) is 0.122. The number of esters is 2. The van der Waals surface area contributed by atoms with Crippen molar-refractivity contribution in [1.29, 1.82) is 5.26 Å². The summed E-state index contributed by atoms with van der Waals surface area (Å²) in [5, 5.41) is 16.4. The Labute approximate surface area is 307 Å². The molecule has 292 valence electrons. The van der Waals surface area contributed by atoms with Crippen molar-refractivity contribution in [3.05, 3.63) is 52.4 Å². The first-order valence-electron chi connectivity index (χ1n) is 16.5. The number of alkyl halides is 8. The summed E-state index contributed by atoms with van der Waals surface area (Å²) in [5.74, 6) is -9.98. The summed E-state index contributed by atoms with van der Waals surface area (Å²) in [6, 6.07) is 5.87. The molecule has 0 unspecified atom stereocenters. The molecule has 0 atom stereocenters. The predicted molar refractivity (Wildman–Crippen MR) is 172 cm³/mol. The average molecular weight is 793 g/mol. The van der Waals surface area contributed by atoms with E-state index in [2.05, 4.69) is 16.3 Å². The summed E-state index contributed by atoms with van der Waals surface area (Å²) in [7, 11) is 0.736. The van der Waals surface area contributed by atoms with Gasteiger partial charge in [0.25, 0.3) is 5.91 Å². The molecule has 0 bridgehead atoms. The van der Waals surface area contributed by atoms with Crippen LogP contribution in [0.3, 0.4) is 0 Å². The molecule has 0 spiro atoms. The number of hydrogen-bond acceptors (Lipinski definition) is 8. The zero-order chi connectivity index (χ0) is 40.2. The van der Waals surface area contributed by atoms with Gasteiger partial charge >= 0.3 is 30.2 Å². The van der Waals surface area contributed by atoms with Gasteiger partial charge in [0.2, 0.25) is 0 Å². The molecular formula is C34H33ClF8N6O5. The minimum atomic E-state index is -6.39. The third-order valence-corrected chi connectivity index (χ3v) is 9.44. The van der Waals surface area contributed by atoms with Crippen LogP contribution in [0.5, 0.6) is 0 Å². The van der Waals surface area contributed by atoms with E-state index in [0.717, 1.165) is 24.3 Å². The molecule has 1 aromatic carbocycles. The minimum Gasteiger partial charge on any atom is -0.460 e. The Balaban J connectivity index is 1.37. The lowest BCUT2D eigenvalue weighted by molar-refractivity contribution is -0.292. The first-order valence-corrected chi connectivity index (χ1v) is 16.8. The lowest BCUT2D eigenvalue weighted by Gasteiger charge is -2.30. The molecule has 2 aliphatic carbocycles. The number of carbonyl (C=O) groups is 3. The van der Waals surface area contributed by atoms with Crippen LogP contribution in [0.4, 0.5) is 35.1 Å². The third-order valence-electron chi connectivity index (χ3n) is 9.11. The number of nitrogens with zero attached hydrogens (tertiary/aromatic N) is 6. The standard InChI is InChI=1S/C34H33ClF8N6O5/c1-30(2,3)54-29(52)19-7-5-18(6-8-19)28(51)53-17-48(31(16-44)11-12-31)27(50)22-13-20(9-10-23(22)35)21-14-45-49(15-21)26-24(33(38,39)40)25(46-47(26)4)32(36,37)34(41,42)43/h9-10,13-15,18-19H,5-8,11-12,17H2,1-4H3/t18-,19-. The van der Waals surface area contributed by atoms with Crippen LogP contribution in [0, 0.1) is 23.2 Å². The van der Waals surface area contributed by atoms with Crippen LogP contribution in [0.1, 0.15) is 80.9 Å². The van der Waals surface area contributed by atoms with Gasteiger partial charge in [-0.05, 0) is 77.0 Å². The fourth-order valence-electron chi connectivity index (χ4n) is 6.13. The second kappa shape index (κ2) is 14.2. The SMILES string of the molecule is Cn1nc(C(F)(F)C(F)(F)F)c(C(F)(F)F)c1-n1cc(-c2ccc(Cl)c(C(=O)N(COC(=O)[C@H]3CC[C@H](C(=O)OC(C)(C)C)CC3)C3(C#N)CC3)c2)cn1. The molecule has 2 aromatic heterocycles. The second-order valence-corrected chi connectivity index (χ2v) is 14.6. The van der Waals surface area contributed by atoms with Crippen molar-refractivity contribution in [2.75, 3.05) is 6.73 Å². The van der Waals surface area contributed by atoms with Crippen molar-refractivity contribution < 1.29 is 59.0 Å². The molecule has 2 fully saturated rings. The van der Waals surface area contributed by atoms with Crippen LogP contribution >= 0.6 is 11.6 Å². The van der Waals surface area contributed by atoms with Gasteiger partial charge in [0.15, 0.2) is 18.2 Å². The maximum atomic E-state index is 14.2. The highest BCUT2D eigenvalue weighted by atomic mass is 35.5. The summed E-state index contributed by atoms with van der Waals surface area (Å²) >= 11 is 6.38. The van der Waals surface area contributed by atoms with E-state index < -0.39 is 71.0 Å². The summed E-state index contributed by atoms with van der Waals surface area (Å²) in [5.41, 5.74) is -7.03. The van der Waals surface area contributed by atoms with Crippen LogP contribution in [0.2, 0.25) is 5.02 Å². The summed E-state index contributed by atoms with van der Waals surface area (Å²) in [4.78, 5) is 40.5. The molecule has 0 saturated heterocycles. The van der Waals surface area contributed by atoms with Crippen molar-refractivity contribution in [3.63, 3.8) is 0 Å². The Morgan fingerprint density at radius 3 is 2.09 bits per heavy atom. The van der Waals surface area contributed by atoms with Gasteiger partial charge in [-0.3, -0.25) is 19.3 Å². The van der Waals surface area contributed by atoms with Gasteiger partial charge in [-0.2, -0.15) is 50.6 Å². The van der Waals surface area contributed by atoms with Crippen LogP contribution in [-0.2, 0) is 38.2 Å². The van der Waals surface area contributed by atoms with Gasteiger partial charge in [0, 0.05) is 18.8 Å². The van der Waals surface area contributed by atoms with Crippen molar-refractivity contribution in [2.24, 2.45) is 18.9 Å². The molecule has 2 aliphatic rings. The molecule has 0 N–H and O–H groups in total. The molecule has 54 heavy (non-hydrogen) atoms. The number of rotatable bonds is 9. The number of benzene rings is 1. The highest BCUT2D eigenvalue weighted by Gasteiger charge is 2.64. The van der Waals surface area contributed by atoms with Crippen molar-refractivity contribution >= 4 is 29.4 Å². The number of amides is 1. The Morgan fingerprint density at radius 2 is 1.57 bits per heavy atom. The van der Waals surface area contributed by atoms with Gasteiger partial charge in [0.1, 0.15) is 16.7 Å². The van der Waals surface area contributed by atoms with Crippen LogP contribution < -0.4 is 0 Å². The molecule has 5 rings (SSSR count). The number of carbonyl (C=O) groups excluding carboxylic acids is 3. The number of aromatic nitrogens is 4. The van der Waals surface area contributed by atoms with E-state index in [9.17, 15) is 54.8 Å². The monoisotopic (exact) mass is 792 g/mol. The largest absolute Gasteiger partial charge is 0.460 e. The topological polar surface area (TPSA) is 132 Å². The van der Waals surface area contributed by atoms with Gasteiger partial charge in [-0.25, -0.2) is 9.36 Å². The van der Waals surface area contributed by atoms with E-state index in [1.807, 2.05) is 0 Å². The van der Waals surface area contributed by atoms with Gasteiger partial charge in [0.05, 0.1) is 34.7 Å². The summed E-state index contributed by atoms with van der Waals surface area (Å²) < 4.78 is 121. The van der Waals surface area contributed by atoms with Crippen LogP contribution in [0.15, 0.2) is 30.6 Å². The lowest BCUT2D eigenvalue weighted by atomic mass is 9.82. The molecule has 11 nitrogen and oxygen atoms in total. The van der Waals surface area contributed by atoms with Crippen molar-refractivity contribution in [3.8, 4) is 23.0 Å². The number of aryl methyl sites for hydroxylation is 1. The Morgan fingerprint density at radius 1 is 0.981 bits per heavy atom. The zero-order valence-electron chi connectivity index (χ0n) is 29.1. The first-order chi connectivity index (χ1) is 24.9. The molecule has 1 amide bonds. The maximum Gasteiger partial charge on any atom is 0.459 e. The molecule has 2 saturated carbocycles. The smallest absolute Gasteiger partial charge is 0.459 e. The van der Waals surface area contributed by atoms with Gasteiger partial charge in [-0.15, -0.1) is 0 Å². The number of hydrogen-bond donors (Lipinski definition) is 0. The maximum absolute atomic E-state index is 14.2. The molecular weight excluding hydrogens is 760 g/mol. The van der Waals surface area contributed by atoms with Gasteiger partial charge < -0.3 is 9.47 Å². The summed E-state index contributed by atoms with van der Waals surface area (Å²) in [6.07, 6.45) is -8.30. The molecule has 0 aliphatic heterocycles. The van der Waals surface area contributed by atoms with E-state index in [-0.39, 0.29) is 51.1 Å². The predicted octanol–water partition coefficient (Wildman–Crippen LogP) is 7.75. The second-order valence-electron chi connectivity index (χ2n) is 14.2. The van der Waals surface area contributed by atoms with E-state index in [1.165, 1.54) is 18.2 Å². The van der Waals surface area contributed by atoms with Crippen LogP contribution in [0.25, 0.3) is 16.9 Å². The Bertz CT molecular complexity index is 1980. The normalized spacial score (nSPS) is 18.8. The fraction of sp³-hybridized carbons (Fsp3) is 0.529. The van der Waals surface area contributed by atoms with Crippen molar-refractivity contribution in [2.45, 2.75) is 88.7 Å². The summed E-state index contributed by atoms with van der Waals surface area (Å²) in [6.45, 7) is 4.63. The van der Waals surface area contributed by atoms with E-state index in [1.54, 1.807) is 20.8 Å². The van der Waals surface area contributed by atoms with E-state index in [0.29, 0.717) is 30.4 Å². The number of ether oxygens (including phenoxy) is 2. The fourth-order valence-corrected chi connectivity index (χ4v) is 6.33. The van der Waals surface area contributed by atoms with E-state index >= 15 is 0 Å². The lowest BCUT2D eigenvalue weighted by Crippen LogP contribution is -2.44. The zero-order valence-corrected chi connectivity index (χ0v) is 29.9. The first kappa shape index (κ1) is 40.5. The van der Waals surface area contributed by atoms with E-state index in [4.69, 9.17) is 21.1 Å². The average Bonchev–Trinajstić information content (AvgIpc) is 3.54.